The van der Waals surface area contributed by atoms with Crippen molar-refractivity contribution in [3.63, 3.8) is 0 Å². The predicted octanol–water partition coefficient (Wildman–Crippen LogP) is 3.00. The number of carboxylic acids is 1. The van der Waals surface area contributed by atoms with Crippen LogP contribution in [0.25, 0.3) is 6.08 Å². The molecule has 0 aliphatic carbocycles. The second-order valence-electron chi connectivity index (χ2n) is 5.00. The van der Waals surface area contributed by atoms with Crippen molar-refractivity contribution in [3.8, 4) is 0 Å². The van der Waals surface area contributed by atoms with Crippen LogP contribution in [0.1, 0.15) is 12.0 Å². The Bertz CT molecular complexity index is 765. The van der Waals surface area contributed by atoms with Crippen molar-refractivity contribution in [2.24, 2.45) is 0 Å². The second-order valence-corrected chi connectivity index (χ2v) is 7.66. The number of thioether (sulfide) groups is 2. The molecule has 1 N–H and O–H groups in total. The first-order valence-corrected chi connectivity index (χ1v) is 9.71. The molecule has 0 radical (unpaired) electrons. The number of amides is 1. The van der Waals surface area contributed by atoms with Gasteiger partial charge in [0.15, 0.2) is 0 Å². The van der Waals surface area contributed by atoms with Crippen molar-refractivity contribution in [2.75, 3.05) is 12.0 Å². The maximum atomic E-state index is 12.6. The summed E-state index contributed by atoms with van der Waals surface area (Å²) < 4.78 is 0.142. The molecule has 1 amide bonds. The van der Waals surface area contributed by atoms with Gasteiger partial charge in [-0.25, -0.2) is 4.79 Å². The lowest BCUT2D eigenvalue weighted by molar-refractivity contribution is -0.385. The average molecular weight is 398 g/mol. The summed E-state index contributed by atoms with van der Waals surface area (Å²) >= 11 is 7.59. The maximum absolute atomic E-state index is 12.6. The number of nitro groups is 1. The summed E-state index contributed by atoms with van der Waals surface area (Å²) in [6.07, 6.45) is 3.49. The quantitative estimate of drug-likeness (QED) is 0.324. The minimum absolute atomic E-state index is 0.134. The first-order valence-electron chi connectivity index (χ1n) is 7.09. The molecule has 0 aromatic heterocycles. The van der Waals surface area contributed by atoms with Crippen molar-refractivity contribution in [1.82, 2.24) is 4.90 Å². The van der Waals surface area contributed by atoms with Crippen LogP contribution in [0.2, 0.25) is 0 Å². The smallest absolute Gasteiger partial charge is 0.326 e. The molecule has 1 saturated heterocycles. The third kappa shape index (κ3) is 4.39. The van der Waals surface area contributed by atoms with Crippen LogP contribution in [-0.4, -0.2) is 49.2 Å². The van der Waals surface area contributed by atoms with E-state index in [0.29, 0.717) is 5.75 Å². The van der Waals surface area contributed by atoms with E-state index in [1.54, 1.807) is 6.07 Å². The number of nitrogens with zero attached hydrogens (tertiary/aromatic N) is 2. The Labute approximate surface area is 157 Å². The van der Waals surface area contributed by atoms with Crippen LogP contribution >= 0.6 is 35.7 Å². The van der Waals surface area contributed by atoms with Crippen molar-refractivity contribution >= 4 is 63.7 Å². The summed E-state index contributed by atoms with van der Waals surface area (Å²) in [5.74, 6) is -1.10. The summed E-state index contributed by atoms with van der Waals surface area (Å²) in [7, 11) is 0. The molecule has 1 atom stereocenters. The predicted molar refractivity (Wildman–Crippen MR) is 103 cm³/mol. The lowest BCUT2D eigenvalue weighted by atomic mass is 10.1. The summed E-state index contributed by atoms with van der Waals surface area (Å²) in [5.41, 5.74) is 0.133. The fraction of sp³-hybridized carbons (Fsp3) is 0.267. The van der Waals surface area contributed by atoms with E-state index in [-0.39, 0.29) is 26.9 Å². The molecule has 0 saturated carbocycles. The van der Waals surface area contributed by atoms with Crippen LogP contribution in [0.15, 0.2) is 29.2 Å². The van der Waals surface area contributed by atoms with E-state index in [1.165, 1.54) is 36.0 Å². The van der Waals surface area contributed by atoms with Crippen LogP contribution in [0.5, 0.6) is 0 Å². The van der Waals surface area contributed by atoms with Crippen LogP contribution in [0, 0.1) is 10.1 Å². The van der Waals surface area contributed by atoms with Gasteiger partial charge in [0, 0.05) is 6.07 Å². The number of para-hydroxylation sites is 1. The number of rotatable bonds is 7. The zero-order valence-electron chi connectivity index (χ0n) is 13.1. The third-order valence-corrected chi connectivity index (χ3v) is 5.41. The van der Waals surface area contributed by atoms with E-state index < -0.39 is 22.8 Å². The highest BCUT2D eigenvalue weighted by Gasteiger charge is 2.40. The van der Waals surface area contributed by atoms with Crippen molar-refractivity contribution in [1.29, 1.82) is 0 Å². The molecule has 1 aliphatic heterocycles. The van der Waals surface area contributed by atoms with E-state index in [1.807, 2.05) is 6.26 Å². The molecule has 1 heterocycles. The van der Waals surface area contributed by atoms with Gasteiger partial charge in [-0.15, -0.1) is 0 Å². The summed E-state index contributed by atoms with van der Waals surface area (Å²) in [6.45, 7) is 0. The largest absolute Gasteiger partial charge is 0.480 e. The summed E-state index contributed by atoms with van der Waals surface area (Å²) in [5, 5.41) is 20.5. The van der Waals surface area contributed by atoms with E-state index >= 15 is 0 Å². The average Bonchev–Trinajstić information content (AvgIpc) is 2.83. The molecular weight excluding hydrogens is 384 g/mol. The number of carbonyl (C=O) groups excluding carboxylic acids is 1. The van der Waals surface area contributed by atoms with Gasteiger partial charge in [0.2, 0.25) is 0 Å². The number of hydrogen-bond donors (Lipinski definition) is 1. The highest BCUT2D eigenvalue weighted by Crippen LogP contribution is 2.36. The topological polar surface area (TPSA) is 101 Å². The van der Waals surface area contributed by atoms with Gasteiger partial charge in [0.05, 0.1) is 15.4 Å². The number of carboxylic acid groups (broad SMARTS) is 1. The Morgan fingerprint density at radius 2 is 2.20 bits per heavy atom. The minimum Gasteiger partial charge on any atom is -0.480 e. The SMILES string of the molecule is CSCC[C@H](C(=O)O)N1C(=O)/C(=C\c2ccccc2[N+](=O)[O-])SC1=S. The van der Waals surface area contributed by atoms with Crippen molar-refractivity contribution in [2.45, 2.75) is 12.5 Å². The summed E-state index contributed by atoms with van der Waals surface area (Å²) in [6, 6.07) is 4.97. The first-order chi connectivity index (χ1) is 11.9. The maximum Gasteiger partial charge on any atom is 0.326 e. The molecule has 0 bridgehead atoms. The van der Waals surface area contributed by atoms with E-state index in [4.69, 9.17) is 12.2 Å². The highest BCUT2D eigenvalue weighted by molar-refractivity contribution is 8.26. The van der Waals surface area contributed by atoms with Gasteiger partial charge in [-0.2, -0.15) is 11.8 Å². The van der Waals surface area contributed by atoms with Crippen LogP contribution < -0.4 is 0 Å². The molecule has 1 aliphatic rings. The number of aliphatic carboxylic acids is 1. The number of thiocarbonyl (C=S) groups is 1. The van der Waals surface area contributed by atoms with E-state index in [2.05, 4.69) is 0 Å². The fourth-order valence-corrected chi connectivity index (χ4v) is 4.06. The Morgan fingerprint density at radius 3 is 2.80 bits per heavy atom. The van der Waals surface area contributed by atoms with Gasteiger partial charge in [-0.05, 0) is 30.6 Å². The third-order valence-electron chi connectivity index (χ3n) is 3.44. The lowest BCUT2D eigenvalue weighted by Gasteiger charge is -2.22. The van der Waals surface area contributed by atoms with Gasteiger partial charge in [0.1, 0.15) is 10.4 Å². The van der Waals surface area contributed by atoms with Gasteiger partial charge < -0.3 is 5.11 Å². The zero-order valence-corrected chi connectivity index (χ0v) is 15.5. The normalized spacial score (nSPS) is 17.2. The molecule has 1 aromatic carbocycles. The molecule has 2 rings (SSSR count). The fourth-order valence-electron chi connectivity index (χ4n) is 2.26. The van der Waals surface area contributed by atoms with Crippen LogP contribution in [0.4, 0.5) is 5.69 Å². The van der Waals surface area contributed by atoms with Gasteiger partial charge in [0.25, 0.3) is 11.6 Å². The molecule has 0 unspecified atom stereocenters. The molecule has 10 heteroatoms. The Hall–Kier alpha value is -1.91. The van der Waals surface area contributed by atoms with E-state index in [0.717, 1.165) is 16.7 Å². The second kappa shape index (κ2) is 8.45. The van der Waals surface area contributed by atoms with E-state index in [9.17, 15) is 24.8 Å². The summed E-state index contributed by atoms with van der Waals surface area (Å²) in [4.78, 5) is 35.9. The van der Waals surface area contributed by atoms with Gasteiger partial charge >= 0.3 is 5.97 Å². The standard InChI is InChI=1S/C15H14N2O5S3/c1-24-7-6-11(14(19)20)16-13(18)12(25-15(16)23)8-9-4-2-3-5-10(9)17(21)22/h2-5,8,11H,6-7H2,1H3,(H,19,20)/b12-8+/t11-/m1/s1. The molecule has 132 valence electrons. The zero-order chi connectivity index (χ0) is 18.6. The molecule has 25 heavy (non-hydrogen) atoms. The molecule has 7 nitrogen and oxygen atoms in total. The minimum atomic E-state index is -1.13. The molecule has 1 fully saturated rings. The number of nitro benzene ring substituents is 1. The van der Waals surface area contributed by atoms with Crippen LogP contribution in [0.3, 0.4) is 0 Å². The first kappa shape index (κ1) is 19.4. The van der Waals surface area contributed by atoms with Crippen molar-refractivity contribution in [3.05, 3.63) is 44.8 Å². The molecular formula is C15H14N2O5S3. The molecule has 0 spiro atoms. The number of benzene rings is 1. The Morgan fingerprint density at radius 1 is 1.52 bits per heavy atom. The number of carbonyl (C=O) groups is 2. The Balaban J connectivity index is 2.35. The number of hydrogen-bond acceptors (Lipinski definition) is 7. The van der Waals surface area contributed by atoms with Gasteiger partial charge in [-0.3, -0.25) is 19.8 Å². The molecule has 1 aromatic rings. The van der Waals surface area contributed by atoms with Crippen LogP contribution in [-0.2, 0) is 9.59 Å². The van der Waals surface area contributed by atoms with Gasteiger partial charge in [-0.1, -0.05) is 36.1 Å². The lowest BCUT2D eigenvalue weighted by Crippen LogP contribution is -2.44. The van der Waals surface area contributed by atoms with Crippen molar-refractivity contribution < 1.29 is 19.6 Å². The monoisotopic (exact) mass is 398 g/mol. The highest BCUT2D eigenvalue weighted by atomic mass is 32.2. The Kier molecular flexibility index (Phi) is 6.57.